The van der Waals surface area contributed by atoms with Crippen LogP contribution in [-0.2, 0) is 5.75 Å². The van der Waals surface area contributed by atoms with Gasteiger partial charge in [-0.2, -0.15) is 0 Å². The molecule has 27 heavy (non-hydrogen) atoms. The van der Waals surface area contributed by atoms with Crippen molar-refractivity contribution >= 4 is 34.0 Å². The highest BCUT2D eigenvalue weighted by molar-refractivity contribution is 7.98. The Bertz CT molecular complexity index is 1170. The molecule has 2 aromatic carbocycles. The summed E-state index contributed by atoms with van der Waals surface area (Å²) in [6.45, 7) is 6.06. The Morgan fingerprint density at radius 3 is 2.44 bits per heavy atom. The number of para-hydroxylation sites is 2. The molecule has 0 saturated heterocycles. The van der Waals surface area contributed by atoms with Crippen molar-refractivity contribution in [3.8, 4) is 5.69 Å². The number of hydrogen-bond donors (Lipinski definition) is 0. The first kappa shape index (κ1) is 17.9. The van der Waals surface area contributed by atoms with Gasteiger partial charge in [0.25, 0.3) is 5.56 Å². The zero-order chi connectivity index (χ0) is 19.0. The lowest BCUT2D eigenvalue weighted by Crippen LogP contribution is -2.23. The maximum Gasteiger partial charge on any atom is 0.266 e. The van der Waals surface area contributed by atoms with Gasteiger partial charge in [-0.3, -0.25) is 9.36 Å². The van der Waals surface area contributed by atoms with Gasteiger partial charge in [-0.05, 0) is 44.0 Å². The molecular formula is C21H19N3OS2. The van der Waals surface area contributed by atoms with E-state index in [1.807, 2.05) is 63.2 Å². The summed E-state index contributed by atoms with van der Waals surface area (Å²) in [5, 5.41) is 4.44. The number of nitrogens with zero attached hydrogens (tertiary/aromatic N) is 3. The van der Waals surface area contributed by atoms with Crippen LogP contribution in [0.4, 0.5) is 0 Å². The van der Waals surface area contributed by atoms with E-state index in [4.69, 9.17) is 4.98 Å². The Morgan fingerprint density at radius 1 is 1.00 bits per heavy atom. The van der Waals surface area contributed by atoms with E-state index in [2.05, 4.69) is 10.4 Å². The summed E-state index contributed by atoms with van der Waals surface area (Å²) in [6.07, 6.45) is 0. The zero-order valence-corrected chi connectivity index (χ0v) is 17.0. The van der Waals surface area contributed by atoms with Crippen molar-refractivity contribution in [2.24, 2.45) is 0 Å². The van der Waals surface area contributed by atoms with E-state index in [0.29, 0.717) is 16.3 Å². The highest BCUT2D eigenvalue weighted by Gasteiger charge is 2.16. The van der Waals surface area contributed by atoms with Gasteiger partial charge < -0.3 is 0 Å². The van der Waals surface area contributed by atoms with E-state index in [-0.39, 0.29) is 5.56 Å². The van der Waals surface area contributed by atoms with Crippen LogP contribution in [-0.4, -0.2) is 14.5 Å². The second kappa shape index (κ2) is 7.29. The molecule has 136 valence electrons. The number of rotatable bonds is 4. The predicted molar refractivity (Wildman–Crippen MR) is 113 cm³/mol. The van der Waals surface area contributed by atoms with E-state index in [1.54, 1.807) is 27.7 Å². The minimum Gasteiger partial charge on any atom is -0.268 e. The molecule has 6 heteroatoms. The fourth-order valence-corrected chi connectivity index (χ4v) is 4.79. The lowest BCUT2D eigenvalue weighted by molar-refractivity contribution is 0.808. The summed E-state index contributed by atoms with van der Waals surface area (Å²) in [4.78, 5) is 22.7. The van der Waals surface area contributed by atoms with Gasteiger partial charge in [0, 0.05) is 11.1 Å². The van der Waals surface area contributed by atoms with Crippen LogP contribution in [0.2, 0.25) is 0 Å². The third-order valence-electron chi connectivity index (χ3n) is 4.42. The van der Waals surface area contributed by atoms with E-state index < -0.39 is 0 Å². The Hall–Kier alpha value is -2.44. The molecule has 0 aliphatic rings. The van der Waals surface area contributed by atoms with Crippen LogP contribution < -0.4 is 5.56 Å². The molecule has 4 aromatic rings. The summed E-state index contributed by atoms with van der Waals surface area (Å²) < 4.78 is 1.76. The number of aromatic nitrogens is 3. The van der Waals surface area contributed by atoms with Crippen molar-refractivity contribution in [1.29, 1.82) is 0 Å². The van der Waals surface area contributed by atoms with Gasteiger partial charge in [0.1, 0.15) is 0 Å². The quantitative estimate of drug-likeness (QED) is 0.359. The highest BCUT2D eigenvalue weighted by Crippen LogP contribution is 2.27. The van der Waals surface area contributed by atoms with Crippen molar-refractivity contribution in [1.82, 2.24) is 14.5 Å². The summed E-state index contributed by atoms with van der Waals surface area (Å²) in [7, 11) is 0. The Kier molecular flexibility index (Phi) is 4.85. The van der Waals surface area contributed by atoms with Gasteiger partial charge in [0.2, 0.25) is 0 Å². The summed E-state index contributed by atoms with van der Waals surface area (Å²) in [5.41, 5.74) is 4.73. The molecule has 0 radical (unpaired) electrons. The molecular weight excluding hydrogens is 374 g/mol. The molecule has 0 atom stereocenters. The zero-order valence-electron chi connectivity index (χ0n) is 15.4. The van der Waals surface area contributed by atoms with Crippen LogP contribution in [0.5, 0.6) is 0 Å². The molecule has 2 heterocycles. The third kappa shape index (κ3) is 3.42. The van der Waals surface area contributed by atoms with Gasteiger partial charge >= 0.3 is 0 Å². The van der Waals surface area contributed by atoms with Gasteiger partial charge in [-0.25, -0.2) is 9.97 Å². The van der Waals surface area contributed by atoms with Crippen LogP contribution in [0.1, 0.15) is 21.8 Å². The second-order valence-electron chi connectivity index (χ2n) is 6.44. The van der Waals surface area contributed by atoms with Crippen LogP contribution in [0, 0.1) is 20.8 Å². The van der Waals surface area contributed by atoms with Crippen molar-refractivity contribution < 1.29 is 0 Å². The van der Waals surface area contributed by atoms with Gasteiger partial charge in [-0.1, -0.05) is 42.1 Å². The number of thiazole rings is 1. The van der Waals surface area contributed by atoms with Crippen LogP contribution in [0.3, 0.4) is 0 Å². The third-order valence-corrected chi connectivity index (χ3v) is 6.22. The smallest absolute Gasteiger partial charge is 0.266 e. The van der Waals surface area contributed by atoms with Crippen LogP contribution >= 0.6 is 23.1 Å². The van der Waals surface area contributed by atoms with Crippen molar-refractivity contribution in [2.75, 3.05) is 0 Å². The SMILES string of the molecule is Cc1nc(CSc2nc3ccccc3c(=O)n2-c2c(C)cccc2C)cs1. The second-order valence-corrected chi connectivity index (χ2v) is 8.44. The van der Waals surface area contributed by atoms with Crippen LogP contribution in [0.15, 0.2) is 57.8 Å². The van der Waals surface area contributed by atoms with E-state index >= 15 is 0 Å². The number of benzene rings is 2. The van der Waals surface area contributed by atoms with Crippen molar-refractivity contribution in [3.05, 3.63) is 80.0 Å². The summed E-state index contributed by atoms with van der Waals surface area (Å²) >= 11 is 3.19. The Labute approximate surface area is 165 Å². The number of fused-ring (bicyclic) bond motifs is 1. The molecule has 0 aliphatic carbocycles. The van der Waals surface area contributed by atoms with Gasteiger partial charge in [0.05, 0.1) is 27.3 Å². The molecule has 0 spiro atoms. The average molecular weight is 394 g/mol. The fraction of sp³-hybridized carbons (Fsp3) is 0.190. The average Bonchev–Trinajstić information content (AvgIpc) is 3.07. The number of thioether (sulfide) groups is 1. The summed E-state index contributed by atoms with van der Waals surface area (Å²) in [6, 6.07) is 13.6. The lowest BCUT2D eigenvalue weighted by atomic mass is 10.1. The molecule has 0 fully saturated rings. The van der Waals surface area contributed by atoms with E-state index in [9.17, 15) is 4.79 Å². The molecule has 0 N–H and O–H groups in total. The fourth-order valence-electron chi connectivity index (χ4n) is 3.18. The van der Waals surface area contributed by atoms with Gasteiger partial charge in [-0.15, -0.1) is 11.3 Å². The first-order chi connectivity index (χ1) is 13.0. The number of hydrogen-bond acceptors (Lipinski definition) is 5. The van der Waals surface area contributed by atoms with Crippen molar-refractivity contribution in [3.63, 3.8) is 0 Å². The van der Waals surface area contributed by atoms with E-state index in [1.165, 1.54) is 0 Å². The molecule has 4 nitrogen and oxygen atoms in total. The predicted octanol–water partition coefficient (Wildman–Crippen LogP) is 5.06. The largest absolute Gasteiger partial charge is 0.268 e. The minimum absolute atomic E-state index is 0.0324. The standard InChI is InChI=1S/C21H19N3OS2/c1-13-7-6-8-14(2)19(13)24-20(25)17-9-4-5-10-18(17)23-21(24)27-12-16-11-26-15(3)22-16/h4-11H,12H2,1-3H3. The molecule has 4 rings (SSSR count). The van der Waals surface area contributed by atoms with Crippen molar-refractivity contribution in [2.45, 2.75) is 31.7 Å². The first-order valence-electron chi connectivity index (χ1n) is 8.67. The molecule has 0 saturated carbocycles. The molecule has 0 unspecified atom stereocenters. The molecule has 2 aromatic heterocycles. The summed E-state index contributed by atoms with van der Waals surface area (Å²) in [5.74, 6) is 0.681. The van der Waals surface area contributed by atoms with E-state index in [0.717, 1.165) is 33.0 Å². The minimum atomic E-state index is -0.0324. The molecule has 0 bridgehead atoms. The topological polar surface area (TPSA) is 47.8 Å². The molecule has 0 aliphatic heterocycles. The maximum atomic E-state index is 13.4. The maximum absolute atomic E-state index is 13.4. The number of aryl methyl sites for hydroxylation is 3. The van der Waals surface area contributed by atoms with Gasteiger partial charge in [0.15, 0.2) is 5.16 Å². The normalized spacial score (nSPS) is 11.2. The lowest BCUT2D eigenvalue weighted by Gasteiger charge is -2.17. The van der Waals surface area contributed by atoms with Crippen LogP contribution in [0.25, 0.3) is 16.6 Å². The Morgan fingerprint density at radius 2 is 1.74 bits per heavy atom. The monoisotopic (exact) mass is 393 g/mol. The highest BCUT2D eigenvalue weighted by atomic mass is 32.2. The molecule has 0 amide bonds. The first-order valence-corrected chi connectivity index (χ1v) is 10.5. The Balaban J connectivity index is 1.91.